The lowest BCUT2D eigenvalue weighted by Crippen LogP contribution is -2.16. The molecule has 0 amide bonds. The first-order valence-corrected chi connectivity index (χ1v) is 7.44. The average Bonchev–Trinajstić information content (AvgIpc) is 2.90. The van der Waals surface area contributed by atoms with Gasteiger partial charge in [0, 0.05) is 23.8 Å². The zero-order chi connectivity index (χ0) is 13.0. The number of methoxy groups -OCH3 is 1. The van der Waals surface area contributed by atoms with E-state index in [1.807, 2.05) is 36.9 Å². The number of hydrogen-bond donors (Lipinski definition) is 1. The van der Waals surface area contributed by atoms with E-state index in [1.165, 1.54) is 5.75 Å². The first-order valence-electron chi connectivity index (χ1n) is 6.28. The van der Waals surface area contributed by atoms with Crippen LogP contribution in [0.1, 0.15) is 24.8 Å². The van der Waals surface area contributed by atoms with Gasteiger partial charge in [-0.05, 0) is 18.2 Å². The number of thioether (sulfide) groups is 1. The third kappa shape index (κ3) is 2.93. The number of aliphatic hydroxyl groups excluding tert-OH is 1. The van der Waals surface area contributed by atoms with Gasteiger partial charge in [-0.25, -0.2) is 0 Å². The minimum Gasteiger partial charge on any atom is -0.493 e. The predicted octanol–water partition coefficient (Wildman–Crippen LogP) is 2.68. The van der Waals surface area contributed by atoms with Crippen LogP contribution < -0.4 is 9.47 Å². The second-order valence-electron chi connectivity index (χ2n) is 4.57. The molecule has 0 radical (unpaired) electrons. The van der Waals surface area contributed by atoms with Crippen molar-refractivity contribution in [2.24, 2.45) is 0 Å². The van der Waals surface area contributed by atoms with E-state index in [0.29, 0.717) is 0 Å². The summed E-state index contributed by atoms with van der Waals surface area (Å²) < 4.78 is 11.5. The summed E-state index contributed by atoms with van der Waals surface area (Å²) in [5, 5.41) is 9.28. The Morgan fingerprint density at radius 1 is 1.50 bits per heavy atom. The molecule has 2 atom stereocenters. The van der Waals surface area contributed by atoms with E-state index in [0.717, 1.165) is 29.2 Å². The van der Waals surface area contributed by atoms with Crippen molar-refractivity contribution < 1.29 is 14.6 Å². The van der Waals surface area contributed by atoms with Crippen LogP contribution in [0.4, 0.5) is 0 Å². The maximum absolute atomic E-state index is 9.28. The van der Waals surface area contributed by atoms with Gasteiger partial charge in [-0.3, -0.25) is 0 Å². The number of ether oxygens (including phenoxy) is 2. The van der Waals surface area contributed by atoms with Crippen LogP contribution in [0.25, 0.3) is 0 Å². The Hall–Kier alpha value is -0.870. The minimum atomic E-state index is 0.0569. The molecule has 2 unspecified atom stereocenters. The Labute approximate surface area is 112 Å². The Kier molecular flexibility index (Phi) is 4.78. The highest BCUT2D eigenvalue weighted by Crippen LogP contribution is 2.37. The monoisotopic (exact) mass is 268 g/mol. The average molecular weight is 268 g/mol. The molecule has 4 heteroatoms. The molecule has 1 aliphatic rings. The number of aliphatic hydroxyl groups is 1. The van der Waals surface area contributed by atoms with E-state index in [-0.39, 0.29) is 18.6 Å². The van der Waals surface area contributed by atoms with Crippen LogP contribution in [0.5, 0.6) is 11.5 Å². The molecule has 0 bridgehead atoms. The Balaban J connectivity index is 2.22. The van der Waals surface area contributed by atoms with Gasteiger partial charge in [0.25, 0.3) is 0 Å². The van der Waals surface area contributed by atoms with Gasteiger partial charge in [-0.15, -0.1) is 0 Å². The Morgan fingerprint density at radius 3 is 2.94 bits per heavy atom. The zero-order valence-corrected chi connectivity index (χ0v) is 11.7. The molecule has 18 heavy (non-hydrogen) atoms. The van der Waals surface area contributed by atoms with Gasteiger partial charge >= 0.3 is 0 Å². The van der Waals surface area contributed by atoms with Crippen molar-refractivity contribution in [3.05, 3.63) is 23.8 Å². The van der Waals surface area contributed by atoms with E-state index in [1.54, 1.807) is 7.11 Å². The zero-order valence-electron chi connectivity index (χ0n) is 10.9. The molecule has 1 aromatic carbocycles. The molecule has 0 aliphatic carbocycles. The second kappa shape index (κ2) is 6.34. The molecule has 0 aromatic heterocycles. The van der Waals surface area contributed by atoms with Gasteiger partial charge < -0.3 is 14.6 Å². The van der Waals surface area contributed by atoms with Crippen molar-refractivity contribution in [1.29, 1.82) is 0 Å². The Bertz CT molecular complexity index is 389. The second-order valence-corrected chi connectivity index (χ2v) is 5.72. The van der Waals surface area contributed by atoms with Crippen molar-refractivity contribution in [3.8, 4) is 11.5 Å². The highest BCUT2D eigenvalue weighted by Gasteiger charge is 2.21. The molecule has 3 nitrogen and oxygen atoms in total. The van der Waals surface area contributed by atoms with Gasteiger partial charge in [-0.2, -0.15) is 11.8 Å². The van der Waals surface area contributed by atoms with Gasteiger partial charge in [0.15, 0.2) is 11.5 Å². The quantitative estimate of drug-likeness (QED) is 0.891. The molecular weight excluding hydrogens is 248 g/mol. The third-order valence-electron chi connectivity index (χ3n) is 3.20. The molecule has 1 N–H and O–H groups in total. The number of rotatable bonds is 5. The molecule has 1 saturated heterocycles. The largest absolute Gasteiger partial charge is 0.493 e. The number of para-hydroxylation sites is 1. The smallest absolute Gasteiger partial charge is 0.164 e. The van der Waals surface area contributed by atoms with Gasteiger partial charge in [0.05, 0.1) is 7.11 Å². The standard InChI is InChI=1S/C14H20O3S/c1-10(8-15)12-4-3-5-13(14(12)16-2)17-11-6-7-18-9-11/h3-5,10-11,15H,6-9H2,1-2H3. The SMILES string of the molecule is COc1c(OC2CCSC2)cccc1C(C)CO. The summed E-state index contributed by atoms with van der Waals surface area (Å²) in [5.74, 6) is 3.82. The van der Waals surface area contributed by atoms with Crippen molar-refractivity contribution >= 4 is 11.8 Å². The van der Waals surface area contributed by atoms with Gasteiger partial charge in [0.2, 0.25) is 0 Å². The normalized spacial score (nSPS) is 20.7. The summed E-state index contributed by atoms with van der Waals surface area (Å²) in [6, 6.07) is 5.88. The highest BCUT2D eigenvalue weighted by molar-refractivity contribution is 7.99. The lowest BCUT2D eigenvalue weighted by molar-refractivity contribution is 0.216. The van der Waals surface area contributed by atoms with E-state index in [2.05, 4.69) is 0 Å². The Morgan fingerprint density at radius 2 is 2.33 bits per heavy atom. The summed E-state index contributed by atoms with van der Waals surface area (Å²) in [6.45, 7) is 2.09. The van der Waals surface area contributed by atoms with Crippen molar-refractivity contribution in [2.45, 2.75) is 25.4 Å². The van der Waals surface area contributed by atoms with Crippen LogP contribution in [0, 0.1) is 0 Å². The van der Waals surface area contributed by atoms with Crippen LogP contribution in [-0.2, 0) is 0 Å². The first kappa shape index (κ1) is 13.6. The molecule has 1 fully saturated rings. The van der Waals surface area contributed by atoms with E-state index in [9.17, 15) is 5.11 Å². The van der Waals surface area contributed by atoms with E-state index in [4.69, 9.17) is 9.47 Å². The minimum absolute atomic E-state index is 0.0569. The molecule has 0 saturated carbocycles. The number of benzene rings is 1. The van der Waals surface area contributed by atoms with Crippen LogP contribution >= 0.6 is 11.8 Å². The molecular formula is C14H20O3S. The first-order chi connectivity index (χ1) is 8.76. The summed E-state index contributed by atoms with van der Waals surface area (Å²) in [7, 11) is 1.65. The molecule has 0 spiro atoms. The fourth-order valence-electron chi connectivity index (χ4n) is 2.12. The van der Waals surface area contributed by atoms with Crippen molar-refractivity contribution in [2.75, 3.05) is 25.2 Å². The van der Waals surface area contributed by atoms with Crippen LogP contribution in [0.2, 0.25) is 0 Å². The van der Waals surface area contributed by atoms with Crippen LogP contribution in [0.3, 0.4) is 0 Å². The predicted molar refractivity (Wildman–Crippen MR) is 74.9 cm³/mol. The lowest BCUT2D eigenvalue weighted by Gasteiger charge is -2.19. The van der Waals surface area contributed by atoms with Gasteiger partial charge in [0.1, 0.15) is 6.10 Å². The molecule has 100 valence electrons. The molecule has 1 aromatic rings. The highest BCUT2D eigenvalue weighted by atomic mass is 32.2. The fraction of sp³-hybridized carbons (Fsp3) is 0.571. The fourth-order valence-corrected chi connectivity index (χ4v) is 3.21. The third-order valence-corrected chi connectivity index (χ3v) is 4.33. The molecule has 1 aliphatic heterocycles. The number of hydrogen-bond acceptors (Lipinski definition) is 4. The van der Waals surface area contributed by atoms with Crippen LogP contribution in [-0.4, -0.2) is 36.4 Å². The summed E-state index contributed by atoms with van der Waals surface area (Å²) in [4.78, 5) is 0. The molecule has 2 rings (SSSR count). The van der Waals surface area contributed by atoms with Crippen LogP contribution in [0.15, 0.2) is 18.2 Å². The topological polar surface area (TPSA) is 38.7 Å². The van der Waals surface area contributed by atoms with E-state index >= 15 is 0 Å². The summed E-state index contributed by atoms with van der Waals surface area (Å²) in [5.41, 5.74) is 1.00. The summed E-state index contributed by atoms with van der Waals surface area (Å²) >= 11 is 1.92. The van der Waals surface area contributed by atoms with Gasteiger partial charge in [-0.1, -0.05) is 19.1 Å². The van der Waals surface area contributed by atoms with Crippen molar-refractivity contribution in [3.63, 3.8) is 0 Å². The maximum Gasteiger partial charge on any atom is 0.164 e. The lowest BCUT2D eigenvalue weighted by atomic mass is 10.0. The van der Waals surface area contributed by atoms with E-state index < -0.39 is 0 Å². The summed E-state index contributed by atoms with van der Waals surface area (Å²) in [6.07, 6.45) is 1.37. The van der Waals surface area contributed by atoms with Crippen molar-refractivity contribution in [1.82, 2.24) is 0 Å². The molecule has 1 heterocycles. The maximum atomic E-state index is 9.28.